The maximum absolute atomic E-state index is 6.35. The van der Waals surface area contributed by atoms with Gasteiger partial charge in [0.25, 0.3) is 0 Å². The fourth-order valence-corrected chi connectivity index (χ4v) is 2.79. The molecule has 21 heavy (non-hydrogen) atoms. The highest BCUT2D eigenvalue weighted by Crippen LogP contribution is 2.28. The van der Waals surface area contributed by atoms with Crippen LogP contribution in [0.3, 0.4) is 0 Å². The lowest BCUT2D eigenvalue weighted by molar-refractivity contribution is 0.587. The Balaban J connectivity index is 2.31. The third-order valence-corrected chi connectivity index (χ3v) is 4.18. The van der Waals surface area contributed by atoms with Gasteiger partial charge in [0.2, 0.25) is 0 Å². The van der Waals surface area contributed by atoms with Crippen LogP contribution in [-0.4, -0.2) is 9.55 Å². The molecule has 0 saturated carbocycles. The van der Waals surface area contributed by atoms with Crippen LogP contribution in [0, 0.1) is 13.8 Å². The monoisotopic (exact) mass is 285 g/mol. The Labute approximate surface area is 128 Å². The zero-order valence-electron chi connectivity index (χ0n) is 14.1. The van der Waals surface area contributed by atoms with Gasteiger partial charge < -0.3 is 10.3 Å². The number of aryl methyl sites for hydroxylation is 3. The quantitative estimate of drug-likeness (QED) is 0.936. The van der Waals surface area contributed by atoms with Crippen molar-refractivity contribution in [3.63, 3.8) is 0 Å². The van der Waals surface area contributed by atoms with Crippen molar-refractivity contribution in [1.82, 2.24) is 9.55 Å². The maximum atomic E-state index is 6.35. The fraction of sp³-hybridized carbons (Fsp3) is 0.500. The average molecular weight is 285 g/mol. The van der Waals surface area contributed by atoms with Gasteiger partial charge in [-0.25, -0.2) is 4.98 Å². The van der Waals surface area contributed by atoms with E-state index in [0.717, 1.165) is 12.2 Å². The van der Waals surface area contributed by atoms with Crippen molar-refractivity contribution >= 4 is 0 Å². The molecule has 0 radical (unpaired) electrons. The van der Waals surface area contributed by atoms with Crippen LogP contribution < -0.4 is 5.73 Å². The average Bonchev–Trinajstić information content (AvgIpc) is 2.78. The minimum absolute atomic E-state index is 0.0668. The number of nitrogens with two attached hydrogens (primary N) is 1. The number of benzene rings is 1. The molecule has 0 fully saturated rings. The van der Waals surface area contributed by atoms with Gasteiger partial charge >= 0.3 is 0 Å². The third kappa shape index (κ3) is 3.35. The van der Waals surface area contributed by atoms with Crippen molar-refractivity contribution < 1.29 is 0 Å². The predicted molar refractivity (Wildman–Crippen MR) is 88.5 cm³/mol. The van der Waals surface area contributed by atoms with Crippen LogP contribution in [0.4, 0.5) is 0 Å². The summed E-state index contributed by atoms with van der Waals surface area (Å²) in [6, 6.07) is 4.53. The molecule has 2 N–H and O–H groups in total. The van der Waals surface area contributed by atoms with Crippen molar-refractivity contribution in [3.05, 3.63) is 52.6 Å². The SMILES string of the molecule is Cc1cc(C(C)(C)C)cc(C)c1CC(N)c1nccn1C. The summed E-state index contributed by atoms with van der Waals surface area (Å²) in [5.74, 6) is 0.939. The van der Waals surface area contributed by atoms with Crippen LogP contribution in [0.15, 0.2) is 24.5 Å². The highest BCUT2D eigenvalue weighted by Gasteiger charge is 2.18. The Hall–Kier alpha value is -1.61. The van der Waals surface area contributed by atoms with E-state index >= 15 is 0 Å². The highest BCUT2D eigenvalue weighted by molar-refractivity contribution is 5.41. The molecule has 0 bridgehead atoms. The van der Waals surface area contributed by atoms with Gasteiger partial charge in [-0.05, 0) is 47.9 Å². The summed E-state index contributed by atoms with van der Waals surface area (Å²) in [6.07, 6.45) is 4.57. The Morgan fingerprint density at radius 2 is 1.76 bits per heavy atom. The van der Waals surface area contributed by atoms with Crippen LogP contribution in [0.5, 0.6) is 0 Å². The van der Waals surface area contributed by atoms with E-state index in [1.54, 1.807) is 6.20 Å². The van der Waals surface area contributed by atoms with Crippen molar-refractivity contribution in [2.24, 2.45) is 12.8 Å². The number of hydrogen-bond acceptors (Lipinski definition) is 2. The molecule has 1 atom stereocenters. The summed E-state index contributed by atoms with van der Waals surface area (Å²) in [4.78, 5) is 4.37. The lowest BCUT2D eigenvalue weighted by atomic mass is 9.83. The van der Waals surface area contributed by atoms with Gasteiger partial charge in [-0.15, -0.1) is 0 Å². The van der Waals surface area contributed by atoms with Crippen LogP contribution >= 0.6 is 0 Å². The molecular weight excluding hydrogens is 258 g/mol. The van der Waals surface area contributed by atoms with Gasteiger partial charge in [0.15, 0.2) is 0 Å². The summed E-state index contributed by atoms with van der Waals surface area (Å²) in [7, 11) is 1.99. The summed E-state index contributed by atoms with van der Waals surface area (Å²) >= 11 is 0. The van der Waals surface area contributed by atoms with Crippen LogP contribution in [0.1, 0.15) is 54.9 Å². The largest absolute Gasteiger partial charge is 0.337 e. The Bertz CT molecular complexity index is 609. The van der Waals surface area contributed by atoms with E-state index in [1.165, 1.54) is 22.3 Å². The molecular formula is C18H27N3. The van der Waals surface area contributed by atoms with Gasteiger partial charge in [0.1, 0.15) is 5.82 Å². The molecule has 1 aromatic carbocycles. The normalized spacial score (nSPS) is 13.5. The lowest BCUT2D eigenvalue weighted by Crippen LogP contribution is -2.19. The van der Waals surface area contributed by atoms with E-state index < -0.39 is 0 Å². The molecule has 1 aromatic heterocycles. The topological polar surface area (TPSA) is 43.8 Å². The molecule has 2 aromatic rings. The Morgan fingerprint density at radius 3 is 2.19 bits per heavy atom. The first-order valence-electron chi connectivity index (χ1n) is 7.53. The second-order valence-electron chi connectivity index (χ2n) is 7.05. The number of nitrogens with zero attached hydrogens (tertiary/aromatic N) is 2. The molecule has 3 heteroatoms. The minimum atomic E-state index is -0.0668. The van der Waals surface area contributed by atoms with Crippen LogP contribution in [-0.2, 0) is 18.9 Å². The minimum Gasteiger partial charge on any atom is -0.337 e. The number of aromatic nitrogens is 2. The standard InChI is InChI=1S/C18H27N3/c1-12-9-14(18(3,4)5)10-13(2)15(12)11-16(19)17-20-7-8-21(17)6/h7-10,16H,11,19H2,1-6H3. The first-order valence-corrected chi connectivity index (χ1v) is 7.53. The van der Waals surface area contributed by atoms with Crippen molar-refractivity contribution in [1.29, 1.82) is 0 Å². The number of imidazole rings is 1. The van der Waals surface area contributed by atoms with Gasteiger partial charge in [-0.3, -0.25) is 0 Å². The summed E-state index contributed by atoms with van der Waals surface area (Å²) < 4.78 is 2.00. The van der Waals surface area contributed by atoms with Gasteiger partial charge in [0.05, 0.1) is 6.04 Å². The van der Waals surface area contributed by atoms with Crippen molar-refractivity contribution in [3.8, 4) is 0 Å². The zero-order chi connectivity index (χ0) is 15.8. The fourth-order valence-electron chi connectivity index (χ4n) is 2.79. The zero-order valence-corrected chi connectivity index (χ0v) is 14.1. The van der Waals surface area contributed by atoms with Gasteiger partial charge in [-0.1, -0.05) is 32.9 Å². The molecule has 1 heterocycles. The van der Waals surface area contributed by atoms with E-state index in [2.05, 4.69) is 51.7 Å². The van der Waals surface area contributed by atoms with Crippen LogP contribution in [0.25, 0.3) is 0 Å². The van der Waals surface area contributed by atoms with E-state index in [9.17, 15) is 0 Å². The molecule has 3 nitrogen and oxygen atoms in total. The lowest BCUT2D eigenvalue weighted by Gasteiger charge is -2.23. The molecule has 114 valence electrons. The van der Waals surface area contributed by atoms with E-state index in [-0.39, 0.29) is 11.5 Å². The maximum Gasteiger partial charge on any atom is 0.125 e. The molecule has 0 aliphatic rings. The highest BCUT2D eigenvalue weighted by atomic mass is 15.1. The second kappa shape index (κ2) is 5.64. The van der Waals surface area contributed by atoms with E-state index in [4.69, 9.17) is 5.73 Å². The first-order chi connectivity index (χ1) is 9.70. The van der Waals surface area contributed by atoms with Gasteiger partial charge in [0, 0.05) is 19.4 Å². The predicted octanol–water partition coefficient (Wildman–Crippen LogP) is 3.58. The first kappa shape index (κ1) is 15.8. The molecule has 0 aliphatic heterocycles. The summed E-state index contributed by atoms with van der Waals surface area (Å²) in [5, 5.41) is 0. The third-order valence-electron chi connectivity index (χ3n) is 4.18. The van der Waals surface area contributed by atoms with Gasteiger partial charge in [-0.2, -0.15) is 0 Å². The smallest absolute Gasteiger partial charge is 0.125 e. The van der Waals surface area contributed by atoms with Crippen molar-refractivity contribution in [2.75, 3.05) is 0 Å². The second-order valence-corrected chi connectivity index (χ2v) is 7.05. The van der Waals surface area contributed by atoms with E-state index in [0.29, 0.717) is 0 Å². The molecule has 0 amide bonds. The molecule has 0 saturated heterocycles. The number of rotatable bonds is 3. The number of hydrogen-bond donors (Lipinski definition) is 1. The molecule has 1 unspecified atom stereocenters. The van der Waals surface area contributed by atoms with Crippen LogP contribution in [0.2, 0.25) is 0 Å². The summed E-state index contributed by atoms with van der Waals surface area (Å²) in [5.41, 5.74) is 11.9. The molecule has 2 rings (SSSR count). The molecule has 0 aliphatic carbocycles. The Morgan fingerprint density at radius 1 is 1.19 bits per heavy atom. The summed E-state index contributed by atoms with van der Waals surface area (Å²) in [6.45, 7) is 11.1. The molecule has 0 spiro atoms. The van der Waals surface area contributed by atoms with Crippen molar-refractivity contribution in [2.45, 2.75) is 52.5 Å². The Kier molecular flexibility index (Phi) is 4.24. The van der Waals surface area contributed by atoms with E-state index in [1.807, 2.05) is 17.8 Å².